The second-order valence-electron chi connectivity index (χ2n) is 5.79. The van der Waals surface area contributed by atoms with Gasteiger partial charge in [-0.05, 0) is 38.3 Å². The van der Waals surface area contributed by atoms with E-state index in [1.807, 2.05) is 39.0 Å². The summed E-state index contributed by atoms with van der Waals surface area (Å²) in [6.45, 7) is 6.83. The number of halogens is 1. The van der Waals surface area contributed by atoms with Gasteiger partial charge in [-0.1, -0.05) is 18.2 Å². The number of aliphatic hydroxyl groups is 1. The highest BCUT2D eigenvalue weighted by atomic mass is 35.5. The Morgan fingerprint density at radius 1 is 1.45 bits per heavy atom. The molecule has 6 heteroatoms. The Bertz CT molecular complexity index is 490. The van der Waals surface area contributed by atoms with Crippen molar-refractivity contribution in [2.24, 2.45) is 0 Å². The lowest BCUT2D eigenvalue weighted by Crippen LogP contribution is -2.46. The van der Waals surface area contributed by atoms with Gasteiger partial charge in [-0.15, -0.1) is 12.4 Å². The first-order valence-electron chi connectivity index (χ1n) is 7.38. The summed E-state index contributed by atoms with van der Waals surface area (Å²) in [6, 6.07) is 5.63. The summed E-state index contributed by atoms with van der Waals surface area (Å²) in [5.74, 6) is 0.803. The van der Waals surface area contributed by atoms with Gasteiger partial charge in [0, 0.05) is 6.54 Å². The Hall–Kier alpha value is -1.30. The molecule has 5 nitrogen and oxygen atoms in total. The number of benzene rings is 1. The first kappa shape index (κ1) is 18.7. The van der Waals surface area contributed by atoms with Crippen LogP contribution < -0.4 is 15.4 Å². The number of amides is 1. The van der Waals surface area contributed by atoms with Crippen LogP contribution in [0.5, 0.6) is 5.75 Å². The highest BCUT2D eigenvalue weighted by Gasteiger charge is 2.28. The largest absolute Gasteiger partial charge is 0.491 e. The maximum atomic E-state index is 12.0. The molecule has 2 rings (SSSR count). The van der Waals surface area contributed by atoms with Crippen LogP contribution in [0.4, 0.5) is 0 Å². The molecule has 3 atom stereocenters. The second-order valence-corrected chi connectivity index (χ2v) is 5.79. The molecule has 0 radical (unpaired) electrons. The van der Waals surface area contributed by atoms with Crippen molar-refractivity contribution in [1.29, 1.82) is 0 Å². The molecule has 0 aromatic heterocycles. The SMILES string of the molecule is Cc1cccc(C)c1OCC(C)NC(=O)C1CC(O)CN1.Cl. The second kappa shape index (κ2) is 8.36. The van der Waals surface area contributed by atoms with E-state index < -0.39 is 6.10 Å². The number of carbonyl (C=O) groups is 1. The van der Waals surface area contributed by atoms with Crippen molar-refractivity contribution in [3.8, 4) is 5.75 Å². The van der Waals surface area contributed by atoms with Crippen molar-refractivity contribution >= 4 is 18.3 Å². The molecule has 1 saturated heterocycles. The predicted molar refractivity (Wildman–Crippen MR) is 88.7 cm³/mol. The fraction of sp³-hybridized carbons (Fsp3) is 0.562. The Labute approximate surface area is 137 Å². The molecule has 0 spiro atoms. The molecule has 124 valence electrons. The van der Waals surface area contributed by atoms with Gasteiger partial charge in [0.1, 0.15) is 12.4 Å². The van der Waals surface area contributed by atoms with Crippen LogP contribution in [0.25, 0.3) is 0 Å². The van der Waals surface area contributed by atoms with Crippen LogP contribution in [0.15, 0.2) is 18.2 Å². The molecule has 3 unspecified atom stereocenters. The summed E-state index contributed by atoms with van der Waals surface area (Å²) in [5, 5.41) is 15.3. The number of hydrogen-bond donors (Lipinski definition) is 3. The van der Waals surface area contributed by atoms with E-state index in [0.29, 0.717) is 19.6 Å². The zero-order chi connectivity index (χ0) is 15.4. The van der Waals surface area contributed by atoms with Gasteiger partial charge in [-0.3, -0.25) is 4.79 Å². The van der Waals surface area contributed by atoms with Crippen molar-refractivity contribution in [1.82, 2.24) is 10.6 Å². The zero-order valence-corrected chi connectivity index (χ0v) is 14.1. The Morgan fingerprint density at radius 3 is 2.64 bits per heavy atom. The van der Waals surface area contributed by atoms with Crippen LogP contribution in [0.1, 0.15) is 24.5 Å². The average Bonchev–Trinajstić information content (AvgIpc) is 2.85. The predicted octanol–water partition coefficient (Wildman–Crippen LogP) is 1.33. The third-order valence-electron chi connectivity index (χ3n) is 3.70. The number of carbonyl (C=O) groups excluding carboxylic acids is 1. The Kier molecular flexibility index (Phi) is 7.13. The number of aryl methyl sites for hydroxylation is 2. The van der Waals surface area contributed by atoms with E-state index >= 15 is 0 Å². The van der Waals surface area contributed by atoms with E-state index in [4.69, 9.17) is 4.74 Å². The minimum Gasteiger partial charge on any atom is -0.491 e. The Morgan fingerprint density at radius 2 is 2.09 bits per heavy atom. The molecule has 0 bridgehead atoms. The van der Waals surface area contributed by atoms with Gasteiger partial charge in [-0.2, -0.15) is 0 Å². The molecular weight excluding hydrogens is 304 g/mol. The molecular formula is C16H25ClN2O3. The fourth-order valence-electron chi connectivity index (χ4n) is 2.54. The maximum absolute atomic E-state index is 12.0. The molecule has 1 aromatic rings. The van der Waals surface area contributed by atoms with Gasteiger partial charge in [0.05, 0.1) is 18.2 Å². The normalized spacial score (nSPS) is 21.8. The van der Waals surface area contributed by atoms with E-state index in [1.54, 1.807) is 0 Å². The molecule has 1 fully saturated rings. The van der Waals surface area contributed by atoms with Crippen molar-refractivity contribution in [2.45, 2.75) is 45.4 Å². The molecule has 1 aromatic carbocycles. The van der Waals surface area contributed by atoms with Gasteiger partial charge in [0.15, 0.2) is 0 Å². The lowest BCUT2D eigenvalue weighted by Gasteiger charge is -2.19. The third-order valence-corrected chi connectivity index (χ3v) is 3.70. The van der Waals surface area contributed by atoms with E-state index in [2.05, 4.69) is 10.6 Å². The van der Waals surface area contributed by atoms with Gasteiger partial charge >= 0.3 is 0 Å². The summed E-state index contributed by atoms with van der Waals surface area (Å²) in [5.41, 5.74) is 2.18. The number of rotatable bonds is 5. The van der Waals surface area contributed by atoms with Crippen LogP contribution >= 0.6 is 12.4 Å². The molecule has 0 aliphatic carbocycles. The first-order valence-corrected chi connectivity index (χ1v) is 7.38. The molecule has 0 saturated carbocycles. The molecule has 22 heavy (non-hydrogen) atoms. The smallest absolute Gasteiger partial charge is 0.237 e. The quantitative estimate of drug-likeness (QED) is 0.762. The van der Waals surface area contributed by atoms with Crippen LogP contribution in [0, 0.1) is 13.8 Å². The standard InChI is InChI=1S/C16H24N2O3.ClH/c1-10-5-4-6-11(2)15(10)21-9-12(3)18-16(20)14-7-13(19)8-17-14;/h4-6,12-14,17,19H,7-9H2,1-3H3,(H,18,20);1H. The van der Waals surface area contributed by atoms with Crippen LogP contribution in [-0.4, -0.2) is 42.4 Å². The minimum atomic E-state index is -0.429. The number of ether oxygens (including phenoxy) is 1. The lowest BCUT2D eigenvalue weighted by molar-refractivity contribution is -0.123. The molecule has 1 heterocycles. The summed E-state index contributed by atoms with van der Waals surface area (Å²) in [4.78, 5) is 12.0. The highest BCUT2D eigenvalue weighted by molar-refractivity contribution is 5.85. The van der Waals surface area contributed by atoms with Crippen molar-refractivity contribution in [3.05, 3.63) is 29.3 Å². The van der Waals surface area contributed by atoms with E-state index in [9.17, 15) is 9.90 Å². The molecule has 3 N–H and O–H groups in total. The lowest BCUT2D eigenvalue weighted by atomic mass is 10.1. The maximum Gasteiger partial charge on any atom is 0.237 e. The monoisotopic (exact) mass is 328 g/mol. The van der Waals surface area contributed by atoms with Crippen LogP contribution in [0.2, 0.25) is 0 Å². The highest BCUT2D eigenvalue weighted by Crippen LogP contribution is 2.22. The van der Waals surface area contributed by atoms with Gasteiger partial charge in [-0.25, -0.2) is 0 Å². The summed E-state index contributed by atoms with van der Waals surface area (Å²) < 4.78 is 5.83. The van der Waals surface area contributed by atoms with Crippen molar-refractivity contribution in [3.63, 3.8) is 0 Å². The number of hydrogen-bond acceptors (Lipinski definition) is 4. The first-order chi connectivity index (χ1) is 9.97. The van der Waals surface area contributed by atoms with Gasteiger partial charge < -0.3 is 20.5 Å². The van der Waals surface area contributed by atoms with Crippen LogP contribution in [0.3, 0.4) is 0 Å². The fourth-order valence-corrected chi connectivity index (χ4v) is 2.54. The van der Waals surface area contributed by atoms with E-state index in [1.165, 1.54) is 0 Å². The zero-order valence-electron chi connectivity index (χ0n) is 13.3. The molecule has 1 aliphatic heterocycles. The minimum absolute atomic E-state index is 0. The molecule has 1 aliphatic rings. The number of para-hydroxylation sites is 1. The average molecular weight is 329 g/mol. The summed E-state index contributed by atoms with van der Waals surface area (Å²) in [7, 11) is 0. The third kappa shape index (κ3) is 4.87. The summed E-state index contributed by atoms with van der Waals surface area (Å²) >= 11 is 0. The van der Waals surface area contributed by atoms with E-state index in [0.717, 1.165) is 16.9 Å². The number of aliphatic hydroxyl groups excluding tert-OH is 1. The van der Waals surface area contributed by atoms with Gasteiger partial charge in [0.25, 0.3) is 0 Å². The van der Waals surface area contributed by atoms with E-state index in [-0.39, 0.29) is 30.4 Å². The summed E-state index contributed by atoms with van der Waals surface area (Å²) in [6.07, 6.45) is 0.0398. The van der Waals surface area contributed by atoms with Gasteiger partial charge in [0.2, 0.25) is 5.91 Å². The van der Waals surface area contributed by atoms with Crippen molar-refractivity contribution < 1.29 is 14.6 Å². The van der Waals surface area contributed by atoms with Crippen molar-refractivity contribution in [2.75, 3.05) is 13.2 Å². The topological polar surface area (TPSA) is 70.6 Å². The Balaban J connectivity index is 0.00000242. The number of β-amino-alcohol motifs (C(OH)–C–C–N with tert-alkyl or cyclic N) is 1. The molecule has 1 amide bonds. The van der Waals surface area contributed by atoms with Crippen LogP contribution in [-0.2, 0) is 4.79 Å². The number of nitrogens with one attached hydrogen (secondary N) is 2.